The standard InChI is InChI=1S/C15H19N3O2/c1-10-8-13(18-15(17-10)6-7-16)12-5-4-11(19-2)9-14(12)20-3/h4-5,8-9H,6-7,16H2,1-3H3. The maximum atomic E-state index is 5.57. The molecule has 0 aliphatic carbocycles. The van der Waals surface area contributed by atoms with Crippen LogP contribution in [0.15, 0.2) is 24.3 Å². The molecular formula is C15H19N3O2. The van der Waals surface area contributed by atoms with Crippen molar-refractivity contribution >= 4 is 0 Å². The Morgan fingerprint density at radius 2 is 1.90 bits per heavy atom. The summed E-state index contributed by atoms with van der Waals surface area (Å²) in [6.45, 7) is 2.48. The average Bonchev–Trinajstić information content (AvgIpc) is 2.46. The van der Waals surface area contributed by atoms with Crippen LogP contribution in [0.5, 0.6) is 11.5 Å². The van der Waals surface area contributed by atoms with Gasteiger partial charge in [0.15, 0.2) is 0 Å². The molecule has 0 saturated heterocycles. The smallest absolute Gasteiger partial charge is 0.131 e. The lowest BCUT2D eigenvalue weighted by molar-refractivity contribution is 0.395. The summed E-state index contributed by atoms with van der Waals surface area (Å²) >= 11 is 0. The van der Waals surface area contributed by atoms with Gasteiger partial charge in [-0.1, -0.05) is 0 Å². The highest BCUT2D eigenvalue weighted by molar-refractivity contribution is 5.68. The number of nitrogens with zero attached hydrogens (tertiary/aromatic N) is 2. The number of hydrogen-bond acceptors (Lipinski definition) is 5. The largest absolute Gasteiger partial charge is 0.497 e. The van der Waals surface area contributed by atoms with E-state index in [2.05, 4.69) is 9.97 Å². The van der Waals surface area contributed by atoms with Crippen LogP contribution in [0, 0.1) is 6.92 Å². The van der Waals surface area contributed by atoms with Gasteiger partial charge < -0.3 is 15.2 Å². The Balaban J connectivity index is 2.50. The number of ether oxygens (including phenoxy) is 2. The Bertz CT molecular complexity index is 600. The van der Waals surface area contributed by atoms with Crippen molar-refractivity contribution in [2.45, 2.75) is 13.3 Å². The van der Waals surface area contributed by atoms with Gasteiger partial charge in [0.2, 0.25) is 0 Å². The predicted octanol–water partition coefficient (Wildman–Crippen LogP) is 1.97. The fourth-order valence-corrected chi connectivity index (χ4v) is 2.02. The van der Waals surface area contributed by atoms with E-state index in [0.29, 0.717) is 13.0 Å². The van der Waals surface area contributed by atoms with E-state index >= 15 is 0 Å². The number of aryl methyl sites for hydroxylation is 1. The van der Waals surface area contributed by atoms with Gasteiger partial charge in [0, 0.05) is 23.7 Å². The van der Waals surface area contributed by atoms with Crippen molar-refractivity contribution < 1.29 is 9.47 Å². The van der Waals surface area contributed by atoms with E-state index in [9.17, 15) is 0 Å². The molecule has 0 saturated carbocycles. The lowest BCUT2D eigenvalue weighted by Gasteiger charge is -2.11. The summed E-state index contributed by atoms with van der Waals surface area (Å²) in [5.41, 5.74) is 8.23. The van der Waals surface area contributed by atoms with Crippen LogP contribution in [0.25, 0.3) is 11.3 Å². The Kier molecular flexibility index (Phi) is 4.53. The maximum absolute atomic E-state index is 5.57. The molecule has 2 N–H and O–H groups in total. The lowest BCUT2D eigenvalue weighted by Crippen LogP contribution is -2.08. The highest BCUT2D eigenvalue weighted by Crippen LogP contribution is 2.32. The van der Waals surface area contributed by atoms with E-state index in [1.807, 2.05) is 31.2 Å². The highest BCUT2D eigenvalue weighted by Gasteiger charge is 2.11. The zero-order chi connectivity index (χ0) is 14.5. The van der Waals surface area contributed by atoms with Crippen LogP contribution in [-0.2, 0) is 6.42 Å². The van der Waals surface area contributed by atoms with Crippen molar-refractivity contribution in [1.29, 1.82) is 0 Å². The quantitative estimate of drug-likeness (QED) is 0.902. The molecule has 2 aromatic rings. The maximum Gasteiger partial charge on any atom is 0.131 e. The molecule has 0 unspecified atom stereocenters. The van der Waals surface area contributed by atoms with Gasteiger partial charge in [0.25, 0.3) is 0 Å². The van der Waals surface area contributed by atoms with Gasteiger partial charge >= 0.3 is 0 Å². The SMILES string of the molecule is COc1ccc(-c2cc(C)nc(CCN)n2)c(OC)c1. The minimum absolute atomic E-state index is 0.530. The number of rotatable bonds is 5. The topological polar surface area (TPSA) is 70.3 Å². The number of hydrogen-bond donors (Lipinski definition) is 1. The Morgan fingerprint density at radius 1 is 1.10 bits per heavy atom. The molecule has 0 atom stereocenters. The molecule has 0 aliphatic rings. The van der Waals surface area contributed by atoms with Crippen LogP contribution in [0.2, 0.25) is 0 Å². The third-order valence-electron chi connectivity index (χ3n) is 2.95. The summed E-state index contributed by atoms with van der Waals surface area (Å²) in [6.07, 6.45) is 0.660. The molecule has 20 heavy (non-hydrogen) atoms. The summed E-state index contributed by atoms with van der Waals surface area (Å²) in [7, 11) is 3.26. The molecular weight excluding hydrogens is 254 g/mol. The molecule has 0 radical (unpaired) electrons. The van der Waals surface area contributed by atoms with E-state index in [-0.39, 0.29) is 0 Å². The minimum atomic E-state index is 0.530. The molecule has 0 fully saturated rings. The van der Waals surface area contributed by atoms with E-state index in [1.165, 1.54) is 0 Å². The third-order valence-corrected chi connectivity index (χ3v) is 2.95. The second-order valence-electron chi connectivity index (χ2n) is 4.42. The van der Waals surface area contributed by atoms with Crippen LogP contribution in [-0.4, -0.2) is 30.7 Å². The van der Waals surface area contributed by atoms with Crippen molar-refractivity contribution in [2.24, 2.45) is 5.73 Å². The Hall–Kier alpha value is -2.14. The molecule has 0 spiro atoms. The molecule has 106 valence electrons. The molecule has 1 heterocycles. The summed E-state index contributed by atoms with van der Waals surface area (Å²) in [5.74, 6) is 2.22. The summed E-state index contributed by atoms with van der Waals surface area (Å²) in [5, 5.41) is 0. The van der Waals surface area contributed by atoms with Crippen molar-refractivity contribution in [3.05, 3.63) is 35.8 Å². The number of benzene rings is 1. The Labute approximate surface area is 118 Å². The van der Waals surface area contributed by atoms with E-state index in [0.717, 1.165) is 34.3 Å². The molecule has 1 aromatic carbocycles. The third kappa shape index (κ3) is 3.05. The summed E-state index contributed by atoms with van der Waals surface area (Å²) in [6, 6.07) is 7.60. The number of methoxy groups -OCH3 is 2. The monoisotopic (exact) mass is 273 g/mol. The minimum Gasteiger partial charge on any atom is -0.497 e. The van der Waals surface area contributed by atoms with Crippen molar-refractivity contribution in [2.75, 3.05) is 20.8 Å². The van der Waals surface area contributed by atoms with Crippen molar-refractivity contribution in [3.63, 3.8) is 0 Å². The second-order valence-corrected chi connectivity index (χ2v) is 4.42. The first kappa shape index (κ1) is 14.3. The zero-order valence-corrected chi connectivity index (χ0v) is 12.0. The van der Waals surface area contributed by atoms with E-state index in [1.54, 1.807) is 14.2 Å². The van der Waals surface area contributed by atoms with E-state index < -0.39 is 0 Å². The van der Waals surface area contributed by atoms with Gasteiger partial charge in [-0.2, -0.15) is 0 Å². The fraction of sp³-hybridized carbons (Fsp3) is 0.333. The second kappa shape index (κ2) is 6.34. The van der Waals surface area contributed by atoms with Crippen LogP contribution in [0.3, 0.4) is 0 Å². The lowest BCUT2D eigenvalue weighted by atomic mass is 10.1. The first-order valence-electron chi connectivity index (χ1n) is 6.45. The van der Waals surface area contributed by atoms with Crippen molar-refractivity contribution in [3.8, 4) is 22.8 Å². The zero-order valence-electron chi connectivity index (χ0n) is 12.0. The van der Waals surface area contributed by atoms with Gasteiger partial charge in [-0.05, 0) is 31.7 Å². The summed E-state index contributed by atoms with van der Waals surface area (Å²) < 4.78 is 10.6. The number of nitrogens with two attached hydrogens (primary N) is 1. The van der Waals surface area contributed by atoms with Crippen LogP contribution >= 0.6 is 0 Å². The highest BCUT2D eigenvalue weighted by atomic mass is 16.5. The van der Waals surface area contributed by atoms with Crippen molar-refractivity contribution in [1.82, 2.24) is 9.97 Å². The average molecular weight is 273 g/mol. The van der Waals surface area contributed by atoms with Gasteiger partial charge in [0.05, 0.1) is 19.9 Å². The molecule has 1 aromatic heterocycles. The predicted molar refractivity (Wildman–Crippen MR) is 78.1 cm³/mol. The first-order valence-corrected chi connectivity index (χ1v) is 6.45. The molecule has 0 amide bonds. The number of aromatic nitrogens is 2. The van der Waals surface area contributed by atoms with Gasteiger partial charge in [-0.3, -0.25) is 0 Å². The molecule has 5 heteroatoms. The molecule has 0 bridgehead atoms. The van der Waals surface area contributed by atoms with Gasteiger partial charge in [-0.15, -0.1) is 0 Å². The summed E-state index contributed by atoms with van der Waals surface area (Å²) in [4.78, 5) is 8.93. The Morgan fingerprint density at radius 3 is 2.55 bits per heavy atom. The van der Waals surface area contributed by atoms with Crippen LogP contribution in [0.1, 0.15) is 11.5 Å². The van der Waals surface area contributed by atoms with E-state index in [4.69, 9.17) is 15.2 Å². The van der Waals surface area contributed by atoms with Gasteiger partial charge in [-0.25, -0.2) is 9.97 Å². The van der Waals surface area contributed by atoms with Crippen LogP contribution in [0.4, 0.5) is 0 Å². The molecule has 2 rings (SSSR count). The molecule has 5 nitrogen and oxygen atoms in total. The fourth-order valence-electron chi connectivity index (χ4n) is 2.02. The molecule has 0 aliphatic heterocycles. The van der Waals surface area contributed by atoms with Gasteiger partial charge in [0.1, 0.15) is 17.3 Å². The first-order chi connectivity index (χ1) is 9.67. The van der Waals surface area contributed by atoms with Crippen LogP contribution < -0.4 is 15.2 Å². The normalized spacial score (nSPS) is 10.4.